The van der Waals surface area contributed by atoms with Crippen molar-refractivity contribution in [2.45, 2.75) is 13.3 Å². The number of non-ortho nitro benzene ring substituents is 1. The number of cyclic esters (lactones) is 1. The molecule has 1 unspecified atom stereocenters. The number of esters is 1. The number of hydrazone groups is 1. The summed E-state index contributed by atoms with van der Waals surface area (Å²) >= 11 is 0. The summed E-state index contributed by atoms with van der Waals surface area (Å²) in [4.78, 5) is 31.2. The number of hydrogen-bond donors (Lipinski definition) is 1. The standard InChI is InChI=1S/C12H12N4O6/c1-7(8-4-12(17)22-6-8)13-14-10-3-2-9(15(18)19)5-11(10)16(20)21/h2-3,5,8,14H,4,6H2,1H3/b13-7+. The molecule has 1 atom stereocenters. The molecule has 0 bridgehead atoms. The summed E-state index contributed by atoms with van der Waals surface area (Å²) in [5.41, 5.74) is 2.26. The molecule has 10 nitrogen and oxygen atoms in total. The van der Waals surface area contributed by atoms with Crippen LogP contribution in [0.3, 0.4) is 0 Å². The van der Waals surface area contributed by atoms with Crippen molar-refractivity contribution in [3.63, 3.8) is 0 Å². The van der Waals surface area contributed by atoms with Crippen molar-refractivity contribution in [2.24, 2.45) is 11.0 Å². The minimum atomic E-state index is -0.734. The quantitative estimate of drug-likeness (QED) is 0.379. The Morgan fingerprint density at radius 1 is 1.36 bits per heavy atom. The van der Waals surface area contributed by atoms with Crippen LogP contribution in [0.4, 0.5) is 17.1 Å². The van der Waals surface area contributed by atoms with Gasteiger partial charge >= 0.3 is 11.7 Å². The van der Waals surface area contributed by atoms with Crippen LogP contribution < -0.4 is 5.43 Å². The molecule has 10 heteroatoms. The van der Waals surface area contributed by atoms with Crippen LogP contribution in [-0.4, -0.2) is 28.1 Å². The summed E-state index contributed by atoms with van der Waals surface area (Å²) < 4.78 is 4.81. The second-order valence-corrected chi connectivity index (χ2v) is 4.66. The van der Waals surface area contributed by atoms with E-state index in [0.29, 0.717) is 5.71 Å². The van der Waals surface area contributed by atoms with Crippen LogP contribution in [-0.2, 0) is 9.53 Å². The third-order valence-electron chi connectivity index (χ3n) is 3.19. The summed E-state index contributed by atoms with van der Waals surface area (Å²) in [6, 6.07) is 3.21. The Balaban J connectivity index is 2.20. The maximum Gasteiger partial charge on any atom is 0.306 e. The minimum absolute atomic E-state index is 0.0280. The first-order chi connectivity index (χ1) is 10.4. The predicted octanol–water partition coefficient (Wildman–Crippen LogP) is 1.85. The largest absolute Gasteiger partial charge is 0.465 e. The Bertz CT molecular complexity index is 672. The van der Waals surface area contributed by atoms with Gasteiger partial charge in [0.05, 0.1) is 28.9 Å². The van der Waals surface area contributed by atoms with Crippen molar-refractivity contribution < 1.29 is 19.4 Å². The number of nitrogens with zero attached hydrogens (tertiary/aromatic N) is 3. The van der Waals surface area contributed by atoms with Gasteiger partial charge in [0.1, 0.15) is 5.69 Å². The highest BCUT2D eigenvalue weighted by Crippen LogP contribution is 2.29. The van der Waals surface area contributed by atoms with Crippen LogP contribution in [0.2, 0.25) is 0 Å². The highest BCUT2D eigenvalue weighted by atomic mass is 16.6. The van der Waals surface area contributed by atoms with Gasteiger partial charge in [-0.2, -0.15) is 5.10 Å². The number of benzene rings is 1. The lowest BCUT2D eigenvalue weighted by molar-refractivity contribution is -0.393. The van der Waals surface area contributed by atoms with Gasteiger partial charge in [0.25, 0.3) is 5.69 Å². The van der Waals surface area contributed by atoms with E-state index in [1.165, 1.54) is 6.07 Å². The third kappa shape index (κ3) is 3.34. The summed E-state index contributed by atoms with van der Waals surface area (Å²) in [6.07, 6.45) is 0.208. The maximum absolute atomic E-state index is 11.0. The third-order valence-corrected chi connectivity index (χ3v) is 3.19. The Morgan fingerprint density at radius 2 is 2.09 bits per heavy atom. The monoisotopic (exact) mass is 308 g/mol. The zero-order valence-corrected chi connectivity index (χ0v) is 11.5. The Kier molecular flexibility index (Phi) is 4.30. The van der Waals surface area contributed by atoms with Gasteiger partial charge < -0.3 is 4.74 Å². The van der Waals surface area contributed by atoms with Crippen LogP contribution in [0.25, 0.3) is 0 Å². The smallest absolute Gasteiger partial charge is 0.306 e. The lowest BCUT2D eigenvalue weighted by Gasteiger charge is -2.07. The van der Waals surface area contributed by atoms with Gasteiger partial charge in [-0.15, -0.1) is 0 Å². The van der Waals surface area contributed by atoms with Crippen molar-refractivity contribution in [3.8, 4) is 0 Å². The van der Waals surface area contributed by atoms with Gasteiger partial charge in [0.2, 0.25) is 0 Å². The van der Waals surface area contributed by atoms with Gasteiger partial charge in [-0.1, -0.05) is 0 Å². The van der Waals surface area contributed by atoms with Crippen molar-refractivity contribution in [1.82, 2.24) is 0 Å². The maximum atomic E-state index is 11.0. The van der Waals surface area contributed by atoms with E-state index in [1.54, 1.807) is 6.92 Å². The summed E-state index contributed by atoms with van der Waals surface area (Å²) in [6.45, 7) is 1.88. The number of carbonyl (C=O) groups is 1. The van der Waals surface area contributed by atoms with Gasteiger partial charge in [-0.25, -0.2) is 0 Å². The molecular formula is C12H12N4O6. The number of anilines is 1. The zero-order valence-electron chi connectivity index (χ0n) is 11.5. The SMILES string of the molecule is C/C(=N\Nc1ccc([N+](=O)[O-])cc1[N+](=O)[O-])C1COC(=O)C1. The molecule has 1 heterocycles. The molecule has 1 fully saturated rings. The number of rotatable bonds is 5. The average molecular weight is 308 g/mol. The van der Waals surface area contributed by atoms with Crippen molar-refractivity contribution in [3.05, 3.63) is 38.4 Å². The molecule has 2 rings (SSSR count). The lowest BCUT2D eigenvalue weighted by Crippen LogP contribution is -2.13. The van der Waals surface area contributed by atoms with Gasteiger partial charge in [-0.05, 0) is 13.0 Å². The fourth-order valence-electron chi connectivity index (χ4n) is 1.90. The van der Waals surface area contributed by atoms with Crippen LogP contribution in [0, 0.1) is 26.1 Å². The normalized spacial score (nSPS) is 18.0. The molecule has 0 amide bonds. The molecular weight excluding hydrogens is 296 g/mol. The number of hydrogen-bond acceptors (Lipinski definition) is 8. The van der Waals surface area contributed by atoms with E-state index in [9.17, 15) is 25.0 Å². The first kappa shape index (κ1) is 15.4. The first-order valence-electron chi connectivity index (χ1n) is 6.27. The van der Waals surface area contributed by atoms with Gasteiger partial charge in [-0.3, -0.25) is 30.4 Å². The van der Waals surface area contributed by atoms with Crippen LogP contribution in [0.15, 0.2) is 23.3 Å². The van der Waals surface area contributed by atoms with E-state index in [0.717, 1.165) is 12.1 Å². The van der Waals surface area contributed by atoms with Crippen LogP contribution in [0.1, 0.15) is 13.3 Å². The molecule has 0 aromatic heterocycles. The number of nitrogens with one attached hydrogen (secondary N) is 1. The Morgan fingerprint density at radius 3 is 2.64 bits per heavy atom. The minimum Gasteiger partial charge on any atom is -0.465 e. The molecule has 0 saturated carbocycles. The predicted molar refractivity (Wildman–Crippen MR) is 75.5 cm³/mol. The van der Waals surface area contributed by atoms with E-state index in [1.807, 2.05) is 0 Å². The van der Waals surface area contributed by atoms with Crippen molar-refractivity contribution in [2.75, 3.05) is 12.0 Å². The Labute approximate surface area is 124 Å². The molecule has 1 saturated heterocycles. The number of carbonyl (C=O) groups excluding carboxylic acids is 1. The first-order valence-corrected chi connectivity index (χ1v) is 6.27. The van der Waals surface area contributed by atoms with Crippen molar-refractivity contribution in [1.29, 1.82) is 0 Å². The summed E-state index contributed by atoms with van der Waals surface area (Å²) in [5, 5.41) is 25.6. The number of ether oxygens (including phenoxy) is 1. The lowest BCUT2D eigenvalue weighted by atomic mass is 10.0. The van der Waals surface area contributed by atoms with E-state index in [4.69, 9.17) is 4.74 Å². The second-order valence-electron chi connectivity index (χ2n) is 4.66. The Hall–Kier alpha value is -3.04. The molecule has 22 heavy (non-hydrogen) atoms. The molecule has 1 aliphatic heterocycles. The highest BCUT2D eigenvalue weighted by molar-refractivity contribution is 5.90. The number of nitro benzene ring substituents is 2. The highest BCUT2D eigenvalue weighted by Gasteiger charge is 2.26. The molecule has 1 aromatic rings. The molecule has 1 aromatic carbocycles. The van der Waals surface area contributed by atoms with Gasteiger partial charge in [0, 0.05) is 17.7 Å². The van der Waals surface area contributed by atoms with E-state index < -0.39 is 15.5 Å². The zero-order chi connectivity index (χ0) is 16.3. The average Bonchev–Trinajstić information content (AvgIpc) is 2.91. The molecule has 0 radical (unpaired) electrons. The topological polar surface area (TPSA) is 137 Å². The molecule has 1 N–H and O–H groups in total. The van der Waals surface area contributed by atoms with Crippen molar-refractivity contribution >= 4 is 28.7 Å². The summed E-state index contributed by atoms with van der Waals surface area (Å²) in [7, 11) is 0. The molecule has 0 spiro atoms. The molecule has 116 valence electrons. The summed E-state index contributed by atoms with van der Waals surface area (Å²) in [5.74, 6) is -0.502. The van der Waals surface area contributed by atoms with Crippen LogP contribution >= 0.6 is 0 Å². The van der Waals surface area contributed by atoms with E-state index >= 15 is 0 Å². The van der Waals surface area contributed by atoms with Crippen LogP contribution in [0.5, 0.6) is 0 Å². The fraction of sp³-hybridized carbons (Fsp3) is 0.333. The second kappa shape index (κ2) is 6.16. The molecule has 1 aliphatic rings. The fourth-order valence-corrected chi connectivity index (χ4v) is 1.90. The van der Waals surface area contributed by atoms with E-state index in [-0.39, 0.29) is 36.3 Å². The number of nitro groups is 2. The molecule has 0 aliphatic carbocycles. The van der Waals surface area contributed by atoms with E-state index in [2.05, 4.69) is 10.5 Å². The van der Waals surface area contributed by atoms with Gasteiger partial charge in [0.15, 0.2) is 0 Å².